The summed E-state index contributed by atoms with van der Waals surface area (Å²) in [4.78, 5) is 25.9. The van der Waals surface area contributed by atoms with Gasteiger partial charge in [0, 0.05) is 60.2 Å². The van der Waals surface area contributed by atoms with E-state index in [1.807, 2.05) is 67.5 Å². The SMILES string of the molecule is Cc1[nH]nc(Nc2ncnc3cc(OCCN4CCN(C(=O)OC(C)(C)C)CC4)c(S(=O)C(C)(C)C)cc23)c1C. The zero-order valence-electron chi connectivity index (χ0n) is 24.8. The van der Waals surface area contributed by atoms with Gasteiger partial charge in [0.15, 0.2) is 5.82 Å². The van der Waals surface area contributed by atoms with Gasteiger partial charge in [-0.2, -0.15) is 5.10 Å². The lowest BCUT2D eigenvalue weighted by Gasteiger charge is -2.35. The fourth-order valence-electron chi connectivity index (χ4n) is 4.24. The van der Waals surface area contributed by atoms with E-state index in [1.165, 1.54) is 6.33 Å². The molecular formula is C28H41N7O4S. The monoisotopic (exact) mass is 571 g/mol. The molecule has 218 valence electrons. The molecule has 1 unspecified atom stereocenters. The van der Waals surface area contributed by atoms with Gasteiger partial charge in [0.2, 0.25) is 0 Å². The third-order valence-corrected chi connectivity index (χ3v) is 8.47. The second-order valence-corrected chi connectivity index (χ2v) is 14.2. The molecule has 0 aliphatic carbocycles. The van der Waals surface area contributed by atoms with Crippen molar-refractivity contribution in [3.05, 3.63) is 29.7 Å². The number of nitrogens with zero attached hydrogens (tertiary/aromatic N) is 5. The number of amides is 1. The van der Waals surface area contributed by atoms with Gasteiger partial charge in [-0.1, -0.05) is 0 Å². The van der Waals surface area contributed by atoms with Crippen LogP contribution in [0.2, 0.25) is 0 Å². The van der Waals surface area contributed by atoms with Gasteiger partial charge in [-0.05, 0) is 61.5 Å². The van der Waals surface area contributed by atoms with E-state index >= 15 is 0 Å². The quantitative estimate of drug-likeness (QED) is 0.420. The smallest absolute Gasteiger partial charge is 0.410 e. The number of nitrogens with one attached hydrogen (secondary N) is 2. The third kappa shape index (κ3) is 7.08. The minimum atomic E-state index is -1.35. The molecule has 3 aromatic rings. The normalized spacial score (nSPS) is 15.8. The molecule has 0 bridgehead atoms. The summed E-state index contributed by atoms with van der Waals surface area (Å²) in [5.41, 5.74) is 2.14. The first-order valence-corrected chi connectivity index (χ1v) is 14.7. The zero-order chi connectivity index (χ0) is 29.2. The Morgan fingerprint density at radius 3 is 2.35 bits per heavy atom. The van der Waals surface area contributed by atoms with E-state index in [0.29, 0.717) is 54.0 Å². The maximum Gasteiger partial charge on any atom is 0.410 e. The highest BCUT2D eigenvalue weighted by Crippen LogP contribution is 2.35. The average Bonchev–Trinajstić information content (AvgIpc) is 3.19. The summed E-state index contributed by atoms with van der Waals surface area (Å²) in [6, 6.07) is 3.70. The molecule has 0 saturated carbocycles. The number of aromatic nitrogens is 4. The van der Waals surface area contributed by atoms with E-state index in [0.717, 1.165) is 29.7 Å². The first-order chi connectivity index (χ1) is 18.7. The third-order valence-electron chi connectivity index (χ3n) is 6.64. The summed E-state index contributed by atoms with van der Waals surface area (Å²) in [6.45, 7) is 19.1. The van der Waals surface area contributed by atoms with Crippen molar-refractivity contribution in [2.75, 3.05) is 44.6 Å². The first-order valence-electron chi connectivity index (χ1n) is 13.6. The Labute approximate surface area is 238 Å². The molecule has 40 heavy (non-hydrogen) atoms. The van der Waals surface area contributed by atoms with Crippen LogP contribution in [0.1, 0.15) is 52.8 Å². The largest absolute Gasteiger partial charge is 0.491 e. The van der Waals surface area contributed by atoms with Gasteiger partial charge in [-0.15, -0.1) is 0 Å². The Kier molecular flexibility index (Phi) is 8.69. The molecule has 1 aromatic carbocycles. The van der Waals surface area contributed by atoms with Crippen molar-refractivity contribution >= 4 is 39.4 Å². The number of hydrogen-bond acceptors (Lipinski definition) is 9. The van der Waals surface area contributed by atoms with Gasteiger partial charge in [0.25, 0.3) is 0 Å². The molecule has 0 radical (unpaired) electrons. The summed E-state index contributed by atoms with van der Waals surface area (Å²) in [7, 11) is -1.35. The lowest BCUT2D eigenvalue weighted by Crippen LogP contribution is -2.50. The van der Waals surface area contributed by atoms with E-state index in [1.54, 1.807) is 4.90 Å². The number of aryl methyl sites for hydroxylation is 1. The van der Waals surface area contributed by atoms with Crippen molar-refractivity contribution in [1.82, 2.24) is 30.0 Å². The molecule has 11 nitrogen and oxygen atoms in total. The first kappa shape index (κ1) is 29.7. The number of ether oxygens (including phenoxy) is 2. The molecule has 1 fully saturated rings. The maximum atomic E-state index is 13.6. The van der Waals surface area contributed by atoms with Gasteiger partial charge in [-0.25, -0.2) is 14.8 Å². The number of hydrogen-bond donors (Lipinski definition) is 2. The minimum absolute atomic E-state index is 0.276. The van der Waals surface area contributed by atoms with Crippen LogP contribution in [0.3, 0.4) is 0 Å². The number of carbonyl (C=O) groups excluding carboxylic acids is 1. The van der Waals surface area contributed by atoms with Crippen LogP contribution in [-0.4, -0.2) is 89.9 Å². The molecule has 1 saturated heterocycles. The Balaban J connectivity index is 1.49. The van der Waals surface area contributed by atoms with Crippen molar-refractivity contribution in [2.45, 2.75) is 70.6 Å². The molecule has 12 heteroatoms. The van der Waals surface area contributed by atoms with Crippen LogP contribution in [0.4, 0.5) is 16.4 Å². The minimum Gasteiger partial charge on any atom is -0.491 e. The predicted octanol–water partition coefficient (Wildman–Crippen LogP) is 4.55. The average molecular weight is 572 g/mol. The highest BCUT2D eigenvalue weighted by molar-refractivity contribution is 7.86. The number of piperazine rings is 1. The van der Waals surface area contributed by atoms with Crippen molar-refractivity contribution in [3.8, 4) is 5.75 Å². The number of rotatable bonds is 7. The summed E-state index contributed by atoms with van der Waals surface area (Å²) < 4.78 is 24.9. The Hall–Kier alpha value is -3.25. The lowest BCUT2D eigenvalue weighted by atomic mass is 10.2. The molecule has 2 aromatic heterocycles. The van der Waals surface area contributed by atoms with Crippen molar-refractivity contribution in [1.29, 1.82) is 0 Å². The fourth-order valence-corrected chi connectivity index (χ4v) is 5.42. The fraction of sp³-hybridized carbons (Fsp3) is 0.571. The summed E-state index contributed by atoms with van der Waals surface area (Å²) >= 11 is 0. The number of aromatic amines is 1. The highest BCUT2D eigenvalue weighted by atomic mass is 32.2. The van der Waals surface area contributed by atoms with E-state index in [4.69, 9.17) is 9.47 Å². The number of H-pyrrole nitrogens is 1. The van der Waals surface area contributed by atoms with Gasteiger partial charge >= 0.3 is 6.09 Å². The van der Waals surface area contributed by atoms with Crippen LogP contribution >= 0.6 is 0 Å². The van der Waals surface area contributed by atoms with Gasteiger partial charge in [-0.3, -0.25) is 14.2 Å². The molecule has 1 aliphatic heterocycles. The summed E-state index contributed by atoms with van der Waals surface area (Å²) in [5.74, 6) is 1.81. The van der Waals surface area contributed by atoms with Crippen molar-refractivity contribution in [2.24, 2.45) is 0 Å². The van der Waals surface area contributed by atoms with Crippen molar-refractivity contribution < 1.29 is 18.5 Å². The molecule has 2 N–H and O–H groups in total. The highest BCUT2D eigenvalue weighted by Gasteiger charge is 2.28. The van der Waals surface area contributed by atoms with Crippen LogP contribution in [0, 0.1) is 13.8 Å². The predicted molar refractivity (Wildman–Crippen MR) is 157 cm³/mol. The van der Waals surface area contributed by atoms with Crippen LogP contribution in [0.25, 0.3) is 10.9 Å². The topological polar surface area (TPSA) is 126 Å². The van der Waals surface area contributed by atoms with Gasteiger partial charge in [0.1, 0.15) is 30.1 Å². The van der Waals surface area contributed by atoms with Crippen LogP contribution in [0.15, 0.2) is 23.4 Å². The molecule has 1 amide bonds. The molecule has 1 aliphatic rings. The zero-order valence-corrected chi connectivity index (χ0v) is 25.6. The van der Waals surface area contributed by atoms with E-state index in [9.17, 15) is 9.00 Å². The van der Waals surface area contributed by atoms with E-state index < -0.39 is 21.1 Å². The van der Waals surface area contributed by atoms with Gasteiger partial charge in [0.05, 0.1) is 21.2 Å². The molecule has 1 atom stereocenters. The molecular weight excluding hydrogens is 530 g/mol. The van der Waals surface area contributed by atoms with Crippen molar-refractivity contribution in [3.63, 3.8) is 0 Å². The number of benzene rings is 1. The van der Waals surface area contributed by atoms with Crippen LogP contribution in [0.5, 0.6) is 5.75 Å². The molecule has 0 spiro atoms. The number of fused-ring (bicyclic) bond motifs is 1. The molecule has 4 rings (SSSR count). The number of anilines is 2. The maximum absolute atomic E-state index is 13.6. The Morgan fingerprint density at radius 1 is 1.05 bits per heavy atom. The standard InChI is InChI=1S/C28H41N7O4S/c1-18-19(2)32-33-24(18)31-25-20-15-23(40(37)28(6,7)8)22(16-21(20)29-17-30-25)38-14-13-34-9-11-35(12-10-34)26(36)39-27(3,4)5/h15-17H,9-14H2,1-8H3,(H2,29,30,31,32,33). The Morgan fingerprint density at radius 2 is 1.75 bits per heavy atom. The summed E-state index contributed by atoms with van der Waals surface area (Å²) in [6.07, 6.45) is 1.22. The number of carbonyl (C=O) groups is 1. The Bertz CT molecular complexity index is 1390. The summed E-state index contributed by atoms with van der Waals surface area (Å²) in [5, 5.41) is 11.3. The second kappa shape index (κ2) is 11.7. The van der Waals surface area contributed by atoms with E-state index in [-0.39, 0.29) is 6.09 Å². The molecule has 3 heterocycles. The lowest BCUT2D eigenvalue weighted by molar-refractivity contribution is 0.0136. The second-order valence-electron chi connectivity index (χ2n) is 12.0. The van der Waals surface area contributed by atoms with Crippen LogP contribution in [-0.2, 0) is 15.5 Å². The van der Waals surface area contributed by atoms with Crippen LogP contribution < -0.4 is 10.1 Å². The van der Waals surface area contributed by atoms with E-state index in [2.05, 4.69) is 30.4 Å². The van der Waals surface area contributed by atoms with Gasteiger partial charge < -0.3 is 19.7 Å².